The zero-order chi connectivity index (χ0) is 22.3. The minimum Gasteiger partial charge on any atom is -0.454 e. The highest BCUT2D eigenvalue weighted by molar-refractivity contribution is 5.79. The highest BCUT2D eigenvalue weighted by Crippen LogP contribution is 2.34. The number of aromatic nitrogens is 2. The zero-order valence-corrected chi connectivity index (χ0v) is 16.5. The van der Waals surface area contributed by atoms with Crippen LogP contribution in [0, 0.1) is 0 Å². The van der Waals surface area contributed by atoms with Crippen LogP contribution >= 0.6 is 0 Å². The molecule has 32 heavy (non-hydrogen) atoms. The van der Waals surface area contributed by atoms with E-state index in [1.165, 1.54) is 24.3 Å². The molecule has 1 unspecified atom stereocenters. The lowest BCUT2D eigenvalue weighted by Crippen LogP contribution is -2.24. The van der Waals surface area contributed by atoms with Gasteiger partial charge >= 0.3 is 6.36 Å². The van der Waals surface area contributed by atoms with Crippen LogP contribution in [0.3, 0.4) is 0 Å². The van der Waals surface area contributed by atoms with Gasteiger partial charge < -0.3 is 23.6 Å². The van der Waals surface area contributed by atoms with E-state index in [2.05, 4.69) is 14.9 Å². The summed E-state index contributed by atoms with van der Waals surface area (Å²) in [6.45, 7) is 1.00. The largest absolute Gasteiger partial charge is 0.573 e. The Labute approximate surface area is 179 Å². The van der Waals surface area contributed by atoms with Crippen LogP contribution < -0.4 is 14.2 Å². The third-order valence-electron chi connectivity index (χ3n) is 5.16. The normalized spacial score (nSPS) is 17.8. The van der Waals surface area contributed by atoms with Crippen LogP contribution in [0.25, 0.3) is 11.4 Å². The van der Waals surface area contributed by atoms with Crippen LogP contribution in [-0.2, 0) is 11.3 Å². The molecular formula is C21H16F3N3O5. The molecule has 0 spiro atoms. The first-order valence-electron chi connectivity index (χ1n) is 9.70. The second kappa shape index (κ2) is 7.74. The van der Waals surface area contributed by atoms with Gasteiger partial charge in [0.1, 0.15) is 5.75 Å². The van der Waals surface area contributed by atoms with Gasteiger partial charge in [-0.2, -0.15) is 4.98 Å². The minimum absolute atomic E-state index is 0.0407. The van der Waals surface area contributed by atoms with Crippen LogP contribution in [0.2, 0.25) is 0 Å². The number of hydrogen-bond donors (Lipinski definition) is 0. The quantitative estimate of drug-likeness (QED) is 0.587. The molecule has 0 N–H and O–H groups in total. The SMILES string of the molecule is O=C1CC(c2nc(-c3ccc(OC(F)(F)F)cc3)no2)CN1Cc1ccc2c(c1)OCO2. The van der Waals surface area contributed by atoms with Crippen LogP contribution in [0.1, 0.15) is 23.8 Å². The van der Waals surface area contributed by atoms with Crippen LogP contribution in [0.15, 0.2) is 47.0 Å². The number of rotatable bonds is 5. The molecule has 1 aromatic heterocycles. The lowest BCUT2D eigenvalue weighted by atomic mass is 10.1. The third-order valence-corrected chi connectivity index (χ3v) is 5.16. The highest BCUT2D eigenvalue weighted by atomic mass is 19.4. The van der Waals surface area contributed by atoms with Crippen molar-refractivity contribution >= 4 is 5.91 Å². The van der Waals surface area contributed by atoms with Gasteiger partial charge in [-0.15, -0.1) is 13.2 Å². The number of carbonyl (C=O) groups is 1. The molecule has 2 aliphatic heterocycles. The zero-order valence-electron chi connectivity index (χ0n) is 16.5. The number of likely N-dealkylation sites (tertiary alicyclic amines) is 1. The molecule has 8 nitrogen and oxygen atoms in total. The minimum atomic E-state index is -4.76. The Bertz CT molecular complexity index is 1150. The highest BCUT2D eigenvalue weighted by Gasteiger charge is 2.35. The van der Waals surface area contributed by atoms with Crippen molar-refractivity contribution in [1.29, 1.82) is 0 Å². The molecule has 0 aliphatic carbocycles. The summed E-state index contributed by atoms with van der Waals surface area (Å²) in [7, 11) is 0. The lowest BCUT2D eigenvalue weighted by molar-refractivity contribution is -0.274. The molecule has 2 aliphatic rings. The summed E-state index contributed by atoms with van der Waals surface area (Å²) in [5.41, 5.74) is 1.38. The van der Waals surface area contributed by atoms with Gasteiger partial charge in [0.2, 0.25) is 24.4 Å². The van der Waals surface area contributed by atoms with Crippen molar-refractivity contribution in [2.45, 2.75) is 25.2 Å². The Kier molecular flexibility index (Phi) is 4.87. The van der Waals surface area contributed by atoms with Gasteiger partial charge in [0.15, 0.2) is 11.5 Å². The van der Waals surface area contributed by atoms with Crippen molar-refractivity contribution in [2.75, 3.05) is 13.3 Å². The van der Waals surface area contributed by atoms with Gasteiger partial charge in [0, 0.05) is 25.1 Å². The number of fused-ring (bicyclic) bond motifs is 1. The van der Waals surface area contributed by atoms with E-state index in [-0.39, 0.29) is 36.6 Å². The molecule has 0 saturated carbocycles. The molecule has 0 bridgehead atoms. The molecule has 1 amide bonds. The van der Waals surface area contributed by atoms with Gasteiger partial charge in [0.25, 0.3) is 0 Å². The first-order chi connectivity index (χ1) is 15.3. The van der Waals surface area contributed by atoms with Gasteiger partial charge in [0.05, 0.1) is 5.92 Å². The first-order valence-corrected chi connectivity index (χ1v) is 9.70. The first kappa shape index (κ1) is 20.2. The van der Waals surface area contributed by atoms with Crippen LogP contribution in [0.4, 0.5) is 13.2 Å². The summed E-state index contributed by atoms with van der Waals surface area (Å²) < 4.78 is 56.7. The third kappa shape index (κ3) is 4.18. The molecule has 0 radical (unpaired) electrons. The summed E-state index contributed by atoms with van der Waals surface area (Å²) in [6, 6.07) is 10.7. The lowest BCUT2D eigenvalue weighted by Gasteiger charge is -2.16. The maximum Gasteiger partial charge on any atom is 0.573 e. The number of halogens is 3. The Balaban J connectivity index is 1.25. The van der Waals surface area contributed by atoms with E-state index >= 15 is 0 Å². The maximum atomic E-state index is 12.5. The molecular weight excluding hydrogens is 431 g/mol. The van der Waals surface area contributed by atoms with Crippen molar-refractivity contribution < 1.29 is 36.7 Å². The Morgan fingerprint density at radius 2 is 1.88 bits per heavy atom. The van der Waals surface area contributed by atoms with Crippen LogP contribution in [0.5, 0.6) is 17.2 Å². The summed E-state index contributed by atoms with van der Waals surface area (Å²) in [4.78, 5) is 18.5. The van der Waals surface area contributed by atoms with Crippen molar-refractivity contribution in [1.82, 2.24) is 15.0 Å². The second-order valence-corrected chi connectivity index (χ2v) is 7.39. The number of benzene rings is 2. The molecule has 5 rings (SSSR count). The van der Waals surface area contributed by atoms with E-state index in [1.807, 2.05) is 18.2 Å². The number of hydrogen-bond acceptors (Lipinski definition) is 7. The predicted octanol–water partition coefficient (Wildman–Crippen LogP) is 3.88. The van der Waals surface area contributed by atoms with E-state index in [0.29, 0.717) is 36.0 Å². The predicted molar refractivity (Wildman–Crippen MR) is 102 cm³/mol. The fourth-order valence-corrected chi connectivity index (χ4v) is 3.67. The monoisotopic (exact) mass is 447 g/mol. The number of carbonyl (C=O) groups excluding carboxylic acids is 1. The van der Waals surface area contributed by atoms with Gasteiger partial charge in [-0.05, 0) is 42.0 Å². The second-order valence-electron chi connectivity index (χ2n) is 7.39. The molecule has 1 fully saturated rings. The number of alkyl halides is 3. The Morgan fingerprint density at radius 1 is 1.09 bits per heavy atom. The van der Waals surface area contributed by atoms with Gasteiger partial charge in [-0.25, -0.2) is 0 Å². The van der Waals surface area contributed by atoms with Gasteiger partial charge in [-0.1, -0.05) is 11.2 Å². The molecule has 3 aromatic rings. The molecule has 1 saturated heterocycles. The van der Waals surface area contributed by atoms with Crippen molar-refractivity contribution in [3.63, 3.8) is 0 Å². The molecule has 2 aromatic carbocycles. The van der Waals surface area contributed by atoms with E-state index in [1.54, 1.807) is 4.90 Å². The van der Waals surface area contributed by atoms with E-state index in [0.717, 1.165) is 5.56 Å². The smallest absolute Gasteiger partial charge is 0.454 e. The molecule has 3 heterocycles. The van der Waals surface area contributed by atoms with E-state index in [9.17, 15) is 18.0 Å². The standard InChI is InChI=1S/C21H16F3N3O5/c22-21(23,24)31-15-4-2-13(3-5-15)19-25-20(32-26-19)14-8-18(28)27(10-14)9-12-1-6-16-17(7-12)30-11-29-16/h1-7,14H,8-11H2. The van der Waals surface area contributed by atoms with Crippen LogP contribution in [-0.4, -0.2) is 40.6 Å². The topological polar surface area (TPSA) is 86.9 Å². The van der Waals surface area contributed by atoms with Crippen molar-refractivity contribution in [2.24, 2.45) is 0 Å². The van der Waals surface area contributed by atoms with Gasteiger partial charge in [-0.3, -0.25) is 4.79 Å². The van der Waals surface area contributed by atoms with Crippen molar-refractivity contribution in [3.05, 3.63) is 53.9 Å². The summed E-state index contributed by atoms with van der Waals surface area (Å²) >= 11 is 0. The number of amides is 1. The number of nitrogens with zero attached hydrogens (tertiary/aromatic N) is 3. The molecule has 1 atom stereocenters. The average Bonchev–Trinajstić information content (AvgIpc) is 3.47. The van der Waals surface area contributed by atoms with Crippen molar-refractivity contribution in [3.8, 4) is 28.6 Å². The maximum absolute atomic E-state index is 12.5. The Morgan fingerprint density at radius 3 is 2.66 bits per heavy atom. The fraction of sp³-hybridized carbons (Fsp3) is 0.286. The molecule has 166 valence electrons. The fourth-order valence-electron chi connectivity index (χ4n) is 3.67. The summed E-state index contributed by atoms with van der Waals surface area (Å²) in [6.07, 6.45) is -4.53. The Hall–Kier alpha value is -3.76. The van der Waals surface area contributed by atoms with E-state index < -0.39 is 6.36 Å². The summed E-state index contributed by atoms with van der Waals surface area (Å²) in [5, 5.41) is 3.90. The molecule has 11 heteroatoms. The number of ether oxygens (including phenoxy) is 3. The van der Waals surface area contributed by atoms with E-state index in [4.69, 9.17) is 14.0 Å². The summed E-state index contributed by atoms with van der Waals surface area (Å²) in [5.74, 6) is 1.20. The average molecular weight is 447 g/mol.